The summed E-state index contributed by atoms with van der Waals surface area (Å²) in [6, 6.07) is 10.5. The monoisotopic (exact) mass is 551 g/mol. The maximum atomic E-state index is 12.9. The summed E-state index contributed by atoms with van der Waals surface area (Å²) in [5, 5.41) is 0.683. The second kappa shape index (κ2) is 12.6. The Balaban J connectivity index is 1.20. The minimum Gasteiger partial charge on any atom is -0.495 e. The van der Waals surface area contributed by atoms with Crippen molar-refractivity contribution in [3.05, 3.63) is 41.4 Å². The minimum atomic E-state index is -3.61. The number of sulfonamides is 1. The topological polar surface area (TPSA) is 80.3 Å². The average molecular weight is 552 g/mol. The van der Waals surface area contributed by atoms with Crippen molar-refractivity contribution in [2.75, 3.05) is 59.0 Å². The molecule has 1 N–H and O–H groups in total. The third-order valence-corrected chi connectivity index (χ3v) is 9.30. The number of methoxy groups -OCH3 is 3. The molecule has 2 aromatic carbocycles. The highest BCUT2D eigenvalue weighted by molar-refractivity contribution is 7.89. The van der Waals surface area contributed by atoms with E-state index in [1.807, 2.05) is 18.2 Å². The van der Waals surface area contributed by atoms with Crippen molar-refractivity contribution in [3.63, 3.8) is 0 Å². The average Bonchev–Trinajstić information content (AvgIpc) is 2.92. The highest BCUT2D eigenvalue weighted by atomic mass is 35.5. The number of rotatable bonds is 10. The summed E-state index contributed by atoms with van der Waals surface area (Å²) < 4.78 is 44.8. The number of piperazine rings is 1. The summed E-state index contributed by atoms with van der Waals surface area (Å²) in [6.07, 6.45) is 4.96. The Morgan fingerprint density at radius 2 is 1.54 bits per heavy atom. The Labute approximate surface area is 225 Å². The predicted octanol–water partition coefficient (Wildman–Crippen LogP) is 4.42. The number of ether oxygens (including phenoxy) is 3. The summed E-state index contributed by atoms with van der Waals surface area (Å²) in [5.41, 5.74) is 1.10. The van der Waals surface area contributed by atoms with E-state index < -0.39 is 10.0 Å². The van der Waals surface area contributed by atoms with Crippen molar-refractivity contribution < 1.29 is 22.6 Å². The van der Waals surface area contributed by atoms with Crippen LogP contribution in [0.5, 0.6) is 17.2 Å². The summed E-state index contributed by atoms with van der Waals surface area (Å²) >= 11 is 6.11. The molecule has 0 spiro atoms. The highest BCUT2D eigenvalue weighted by Crippen LogP contribution is 2.33. The second-order valence-electron chi connectivity index (χ2n) is 9.79. The van der Waals surface area contributed by atoms with Gasteiger partial charge < -0.3 is 19.1 Å². The molecule has 204 valence electrons. The van der Waals surface area contributed by atoms with Crippen LogP contribution in [0.15, 0.2) is 41.3 Å². The van der Waals surface area contributed by atoms with Crippen LogP contribution in [0.25, 0.3) is 0 Å². The van der Waals surface area contributed by atoms with Crippen LogP contribution in [0, 0.1) is 5.92 Å². The van der Waals surface area contributed by atoms with Gasteiger partial charge >= 0.3 is 0 Å². The van der Waals surface area contributed by atoms with Crippen LogP contribution in [-0.4, -0.2) is 73.4 Å². The van der Waals surface area contributed by atoms with Crippen LogP contribution in [0.3, 0.4) is 0 Å². The Kier molecular flexibility index (Phi) is 9.45. The summed E-state index contributed by atoms with van der Waals surface area (Å²) in [5.74, 6) is 2.37. The van der Waals surface area contributed by atoms with E-state index in [1.165, 1.54) is 20.3 Å². The smallest absolute Gasteiger partial charge is 0.240 e. The van der Waals surface area contributed by atoms with Gasteiger partial charge in [-0.2, -0.15) is 0 Å². The maximum Gasteiger partial charge on any atom is 0.240 e. The normalized spacial score (nSPS) is 21.0. The molecule has 1 saturated heterocycles. The number of nitrogens with zero attached hydrogens (tertiary/aromatic N) is 2. The van der Waals surface area contributed by atoms with Crippen LogP contribution < -0.4 is 23.8 Å². The van der Waals surface area contributed by atoms with Crippen molar-refractivity contribution in [3.8, 4) is 17.2 Å². The van der Waals surface area contributed by atoms with Crippen LogP contribution in [0.4, 0.5) is 5.69 Å². The van der Waals surface area contributed by atoms with E-state index in [9.17, 15) is 8.42 Å². The van der Waals surface area contributed by atoms with Gasteiger partial charge in [-0.25, -0.2) is 13.1 Å². The molecule has 2 aromatic rings. The van der Waals surface area contributed by atoms with Gasteiger partial charge in [-0.3, -0.25) is 4.90 Å². The molecule has 0 atom stereocenters. The van der Waals surface area contributed by atoms with E-state index >= 15 is 0 Å². The third-order valence-electron chi connectivity index (χ3n) is 7.54. The number of nitrogens with one attached hydrogen (secondary N) is 1. The Morgan fingerprint density at radius 3 is 2.19 bits per heavy atom. The quantitative estimate of drug-likeness (QED) is 0.468. The molecule has 0 amide bonds. The molecule has 4 rings (SSSR count). The molecular weight excluding hydrogens is 514 g/mol. The van der Waals surface area contributed by atoms with Crippen LogP contribution in [-0.2, 0) is 10.0 Å². The van der Waals surface area contributed by atoms with Gasteiger partial charge in [0.1, 0.15) is 5.75 Å². The molecule has 2 fully saturated rings. The van der Waals surface area contributed by atoms with Crippen molar-refractivity contribution in [2.45, 2.75) is 43.0 Å². The molecule has 10 heteroatoms. The zero-order valence-corrected chi connectivity index (χ0v) is 23.5. The van der Waals surface area contributed by atoms with Gasteiger partial charge in [-0.1, -0.05) is 11.6 Å². The minimum absolute atomic E-state index is 0.0350. The number of halogens is 1. The lowest BCUT2D eigenvalue weighted by atomic mass is 9.84. The first-order valence-electron chi connectivity index (χ1n) is 12.9. The lowest BCUT2D eigenvalue weighted by Gasteiger charge is -2.37. The van der Waals surface area contributed by atoms with E-state index in [0.717, 1.165) is 76.3 Å². The molecule has 0 bridgehead atoms. The molecule has 8 nitrogen and oxygen atoms in total. The third kappa shape index (κ3) is 7.02. The molecule has 0 aromatic heterocycles. The Bertz CT molecular complexity index is 1150. The highest BCUT2D eigenvalue weighted by Gasteiger charge is 2.27. The fourth-order valence-electron chi connectivity index (χ4n) is 5.33. The van der Waals surface area contributed by atoms with E-state index in [4.69, 9.17) is 25.8 Å². The van der Waals surface area contributed by atoms with Crippen LogP contribution >= 0.6 is 11.6 Å². The Hall–Kier alpha value is -2.20. The summed E-state index contributed by atoms with van der Waals surface area (Å²) in [7, 11) is 1.10. The standard InChI is InChI=1S/C27H38ClN3O5S/c1-34-25-11-9-23(19-27(25)36-3)37(32,33)29-22-7-4-20(5-8-22)12-13-30-14-16-31(17-15-30)24-10-6-21(28)18-26(24)35-2/h6,9-11,18-20,22,29H,4-5,7-8,12-17H2,1-3H3. The lowest BCUT2D eigenvalue weighted by molar-refractivity contribution is 0.214. The first-order valence-corrected chi connectivity index (χ1v) is 14.7. The van der Waals surface area contributed by atoms with Crippen LogP contribution in [0.2, 0.25) is 5.02 Å². The van der Waals surface area contributed by atoms with Crippen molar-refractivity contribution in [2.24, 2.45) is 5.92 Å². The summed E-state index contributed by atoms with van der Waals surface area (Å²) in [4.78, 5) is 5.09. The largest absolute Gasteiger partial charge is 0.495 e. The fourth-order valence-corrected chi connectivity index (χ4v) is 6.81. The van der Waals surface area contributed by atoms with Gasteiger partial charge in [0.2, 0.25) is 10.0 Å². The Morgan fingerprint density at radius 1 is 0.865 bits per heavy atom. The lowest BCUT2D eigenvalue weighted by Crippen LogP contribution is -2.47. The van der Waals surface area contributed by atoms with E-state index in [-0.39, 0.29) is 10.9 Å². The molecule has 1 aliphatic carbocycles. The number of hydrogen-bond acceptors (Lipinski definition) is 7. The number of anilines is 1. The number of hydrogen-bond donors (Lipinski definition) is 1. The molecule has 37 heavy (non-hydrogen) atoms. The van der Waals surface area contributed by atoms with Gasteiger partial charge in [0.05, 0.1) is 31.9 Å². The SMILES string of the molecule is COc1ccc(S(=O)(=O)NC2CCC(CCN3CCN(c4ccc(Cl)cc4OC)CC3)CC2)cc1OC. The van der Waals surface area contributed by atoms with Crippen molar-refractivity contribution >= 4 is 27.3 Å². The van der Waals surface area contributed by atoms with E-state index in [0.29, 0.717) is 22.4 Å². The van der Waals surface area contributed by atoms with E-state index in [1.54, 1.807) is 19.2 Å². The van der Waals surface area contributed by atoms with Gasteiger partial charge in [0.15, 0.2) is 11.5 Å². The maximum absolute atomic E-state index is 12.9. The van der Waals surface area contributed by atoms with Gasteiger partial charge in [0.25, 0.3) is 0 Å². The molecule has 1 heterocycles. The molecular formula is C27H38ClN3O5S. The first-order chi connectivity index (χ1) is 17.8. The van der Waals surface area contributed by atoms with E-state index in [2.05, 4.69) is 14.5 Å². The first kappa shape index (κ1) is 27.8. The van der Waals surface area contributed by atoms with Gasteiger partial charge in [-0.15, -0.1) is 0 Å². The summed E-state index contributed by atoms with van der Waals surface area (Å²) in [6.45, 7) is 5.04. The second-order valence-corrected chi connectivity index (χ2v) is 11.9. The van der Waals surface area contributed by atoms with Crippen molar-refractivity contribution in [1.82, 2.24) is 9.62 Å². The zero-order chi connectivity index (χ0) is 26.4. The van der Waals surface area contributed by atoms with Crippen LogP contribution in [0.1, 0.15) is 32.1 Å². The number of benzene rings is 2. The van der Waals surface area contributed by atoms with Gasteiger partial charge in [-0.05, 0) is 68.8 Å². The molecule has 0 radical (unpaired) electrons. The molecule has 2 aliphatic rings. The molecule has 0 unspecified atom stereocenters. The predicted molar refractivity (Wildman–Crippen MR) is 147 cm³/mol. The van der Waals surface area contributed by atoms with Gasteiger partial charge in [0, 0.05) is 49.4 Å². The zero-order valence-electron chi connectivity index (χ0n) is 21.9. The molecule has 1 saturated carbocycles. The fraction of sp³-hybridized carbons (Fsp3) is 0.556. The molecule has 1 aliphatic heterocycles. The van der Waals surface area contributed by atoms with Crippen molar-refractivity contribution in [1.29, 1.82) is 0 Å².